The summed E-state index contributed by atoms with van der Waals surface area (Å²) in [4.78, 5) is 12.1. The van der Waals surface area contributed by atoms with Gasteiger partial charge in [0, 0.05) is 24.9 Å². The average Bonchev–Trinajstić information content (AvgIpc) is 2.49. The summed E-state index contributed by atoms with van der Waals surface area (Å²) >= 11 is 0. The number of amides is 1. The van der Waals surface area contributed by atoms with Crippen LogP contribution in [0.3, 0.4) is 0 Å². The van der Waals surface area contributed by atoms with Gasteiger partial charge in [-0.25, -0.2) is 0 Å². The molecule has 1 heterocycles. The lowest BCUT2D eigenvalue weighted by Gasteiger charge is -2.27. The second-order valence-corrected chi connectivity index (χ2v) is 5.94. The highest BCUT2D eigenvalue weighted by Crippen LogP contribution is 2.20. The fraction of sp³-hybridized carbons (Fsp3) is 0.588. The fourth-order valence-corrected chi connectivity index (χ4v) is 2.82. The van der Waals surface area contributed by atoms with E-state index in [0.717, 1.165) is 38.2 Å². The van der Waals surface area contributed by atoms with E-state index >= 15 is 0 Å². The van der Waals surface area contributed by atoms with E-state index in [1.165, 1.54) is 0 Å². The molecule has 0 aliphatic carbocycles. The molecule has 1 fully saturated rings. The Morgan fingerprint density at radius 1 is 1.24 bits per heavy atom. The molecule has 1 aliphatic heterocycles. The maximum atomic E-state index is 12.1. The minimum Gasteiger partial charge on any atom is -0.381 e. The van der Waals surface area contributed by atoms with Crippen LogP contribution in [0, 0.1) is 5.92 Å². The zero-order valence-electron chi connectivity index (χ0n) is 13.0. The summed E-state index contributed by atoms with van der Waals surface area (Å²) in [5.41, 5.74) is 0.841. The van der Waals surface area contributed by atoms with Crippen molar-refractivity contribution in [2.24, 2.45) is 5.92 Å². The SMILES string of the molecule is C[C@H](CC1CCOCC1)N[C@@H](C)C(=O)Nc1ccccc1. The topological polar surface area (TPSA) is 50.4 Å². The summed E-state index contributed by atoms with van der Waals surface area (Å²) in [6.07, 6.45) is 3.37. The third-order valence-electron chi connectivity index (χ3n) is 4.00. The zero-order chi connectivity index (χ0) is 15.1. The Morgan fingerprint density at radius 3 is 2.57 bits per heavy atom. The number of carbonyl (C=O) groups excluding carboxylic acids is 1. The van der Waals surface area contributed by atoms with Crippen LogP contribution in [-0.2, 0) is 9.53 Å². The van der Waals surface area contributed by atoms with E-state index in [9.17, 15) is 4.79 Å². The highest BCUT2D eigenvalue weighted by Gasteiger charge is 2.20. The van der Waals surface area contributed by atoms with Crippen LogP contribution in [0.5, 0.6) is 0 Å². The molecule has 1 saturated heterocycles. The number of benzene rings is 1. The normalized spacial score (nSPS) is 19.0. The molecule has 4 heteroatoms. The van der Waals surface area contributed by atoms with Crippen molar-refractivity contribution in [2.75, 3.05) is 18.5 Å². The van der Waals surface area contributed by atoms with E-state index in [2.05, 4.69) is 17.6 Å². The number of rotatable bonds is 6. The third-order valence-corrected chi connectivity index (χ3v) is 4.00. The average molecular weight is 290 g/mol. The predicted octanol–water partition coefficient (Wildman–Crippen LogP) is 2.81. The molecular weight excluding hydrogens is 264 g/mol. The predicted molar refractivity (Wildman–Crippen MR) is 85.3 cm³/mol. The van der Waals surface area contributed by atoms with Gasteiger partial charge in [0.15, 0.2) is 0 Å². The number of para-hydroxylation sites is 1. The quantitative estimate of drug-likeness (QED) is 0.847. The van der Waals surface area contributed by atoms with Gasteiger partial charge in [-0.3, -0.25) is 4.79 Å². The molecule has 0 unspecified atom stereocenters. The molecule has 21 heavy (non-hydrogen) atoms. The summed E-state index contributed by atoms with van der Waals surface area (Å²) in [6.45, 7) is 5.82. The van der Waals surface area contributed by atoms with Crippen molar-refractivity contribution in [1.82, 2.24) is 5.32 Å². The Bertz CT molecular complexity index is 430. The van der Waals surface area contributed by atoms with Crippen LogP contribution < -0.4 is 10.6 Å². The summed E-state index contributed by atoms with van der Waals surface area (Å²) in [5, 5.41) is 6.32. The second kappa shape index (κ2) is 8.15. The van der Waals surface area contributed by atoms with Crippen molar-refractivity contribution in [3.63, 3.8) is 0 Å². The monoisotopic (exact) mass is 290 g/mol. The highest BCUT2D eigenvalue weighted by molar-refractivity contribution is 5.94. The molecule has 1 aliphatic rings. The molecule has 0 radical (unpaired) electrons. The molecule has 0 aromatic heterocycles. The number of hydrogen-bond acceptors (Lipinski definition) is 3. The van der Waals surface area contributed by atoms with Gasteiger partial charge in [0.1, 0.15) is 0 Å². The van der Waals surface area contributed by atoms with Crippen LogP contribution in [0.4, 0.5) is 5.69 Å². The first-order valence-corrected chi connectivity index (χ1v) is 7.85. The van der Waals surface area contributed by atoms with Gasteiger partial charge >= 0.3 is 0 Å². The smallest absolute Gasteiger partial charge is 0.241 e. The first-order valence-electron chi connectivity index (χ1n) is 7.85. The summed E-state index contributed by atoms with van der Waals surface area (Å²) in [5.74, 6) is 0.727. The van der Waals surface area contributed by atoms with Gasteiger partial charge in [-0.2, -0.15) is 0 Å². The van der Waals surface area contributed by atoms with E-state index in [1.807, 2.05) is 37.3 Å². The van der Waals surface area contributed by atoms with Gasteiger partial charge in [0.2, 0.25) is 5.91 Å². The molecule has 2 rings (SSSR count). The maximum absolute atomic E-state index is 12.1. The minimum absolute atomic E-state index is 0.0139. The number of carbonyl (C=O) groups is 1. The van der Waals surface area contributed by atoms with Gasteiger partial charge in [-0.1, -0.05) is 18.2 Å². The minimum atomic E-state index is -0.194. The van der Waals surface area contributed by atoms with Gasteiger partial charge < -0.3 is 15.4 Å². The lowest BCUT2D eigenvalue weighted by molar-refractivity contribution is -0.118. The third kappa shape index (κ3) is 5.48. The van der Waals surface area contributed by atoms with Crippen LogP contribution in [0.1, 0.15) is 33.1 Å². The van der Waals surface area contributed by atoms with E-state index in [0.29, 0.717) is 12.0 Å². The molecule has 1 amide bonds. The molecule has 2 N–H and O–H groups in total. The van der Waals surface area contributed by atoms with E-state index in [1.54, 1.807) is 0 Å². The van der Waals surface area contributed by atoms with Crippen molar-refractivity contribution in [3.8, 4) is 0 Å². The standard InChI is InChI=1S/C17H26N2O2/c1-13(12-15-8-10-21-11-9-15)18-14(2)17(20)19-16-6-4-3-5-7-16/h3-7,13-15,18H,8-12H2,1-2H3,(H,19,20)/t13-,14+/m1/s1. The molecule has 0 saturated carbocycles. The second-order valence-electron chi connectivity index (χ2n) is 5.94. The first kappa shape index (κ1) is 16.0. The molecule has 0 spiro atoms. The Kier molecular flexibility index (Phi) is 6.21. The lowest BCUT2D eigenvalue weighted by atomic mass is 9.93. The number of anilines is 1. The Balaban J connectivity index is 1.74. The van der Waals surface area contributed by atoms with Crippen molar-refractivity contribution >= 4 is 11.6 Å². The number of ether oxygens (including phenoxy) is 1. The van der Waals surface area contributed by atoms with Crippen molar-refractivity contribution in [3.05, 3.63) is 30.3 Å². The first-order chi connectivity index (χ1) is 10.1. The van der Waals surface area contributed by atoms with Gasteiger partial charge in [0.05, 0.1) is 6.04 Å². The van der Waals surface area contributed by atoms with Gasteiger partial charge in [0.25, 0.3) is 0 Å². The summed E-state index contributed by atoms with van der Waals surface area (Å²) in [7, 11) is 0. The number of hydrogen-bond donors (Lipinski definition) is 2. The Morgan fingerprint density at radius 2 is 1.90 bits per heavy atom. The van der Waals surface area contributed by atoms with Crippen LogP contribution in [-0.4, -0.2) is 31.2 Å². The summed E-state index contributed by atoms with van der Waals surface area (Å²) in [6, 6.07) is 9.72. The van der Waals surface area contributed by atoms with Gasteiger partial charge in [-0.15, -0.1) is 0 Å². The molecule has 0 bridgehead atoms. The zero-order valence-corrected chi connectivity index (χ0v) is 13.0. The Labute approximate surface area is 127 Å². The Hall–Kier alpha value is -1.39. The molecule has 1 aromatic rings. The molecular formula is C17H26N2O2. The highest BCUT2D eigenvalue weighted by atomic mass is 16.5. The van der Waals surface area contributed by atoms with Crippen molar-refractivity contribution in [2.45, 2.75) is 45.2 Å². The fourth-order valence-electron chi connectivity index (χ4n) is 2.82. The number of nitrogens with one attached hydrogen (secondary N) is 2. The molecule has 116 valence electrons. The van der Waals surface area contributed by atoms with Crippen molar-refractivity contribution < 1.29 is 9.53 Å². The van der Waals surface area contributed by atoms with Crippen LogP contribution >= 0.6 is 0 Å². The molecule has 1 aromatic carbocycles. The maximum Gasteiger partial charge on any atom is 0.241 e. The van der Waals surface area contributed by atoms with E-state index in [4.69, 9.17) is 4.74 Å². The van der Waals surface area contributed by atoms with Crippen LogP contribution in [0.25, 0.3) is 0 Å². The van der Waals surface area contributed by atoms with Crippen molar-refractivity contribution in [1.29, 1.82) is 0 Å². The van der Waals surface area contributed by atoms with Gasteiger partial charge in [-0.05, 0) is 51.2 Å². The van der Waals surface area contributed by atoms with E-state index < -0.39 is 0 Å². The van der Waals surface area contributed by atoms with Crippen LogP contribution in [0.15, 0.2) is 30.3 Å². The van der Waals surface area contributed by atoms with E-state index in [-0.39, 0.29) is 11.9 Å². The molecule has 2 atom stereocenters. The summed E-state index contributed by atoms with van der Waals surface area (Å²) < 4.78 is 5.38. The van der Waals surface area contributed by atoms with Crippen LogP contribution in [0.2, 0.25) is 0 Å². The molecule has 4 nitrogen and oxygen atoms in total. The largest absolute Gasteiger partial charge is 0.381 e. The lowest BCUT2D eigenvalue weighted by Crippen LogP contribution is -2.43.